The van der Waals surface area contributed by atoms with Gasteiger partial charge in [0.05, 0.1) is 12.3 Å². The number of fused-ring (bicyclic) bond motifs is 1. The first-order valence-corrected chi connectivity index (χ1v) is 7.82. The molecule has 0 saturated carbocycles. The van der Waals surface area contributed by atoms with E-state index in [0.29, 0.717) is 29.1 Å². The Hall–Kier alpha value is -2.24. The number of nitrogens with zero attached hydrogens (tertiary/aromatic N) is 3. The number of benzene rings is 1. The van der Waals surface area contributed by atoms with Gasteiger partial charge in [-0.3, -0.25) is 4.99 Å². The van der Waals surface area contributed by atoms with Gasteiger partial charge in [0.2, 0.25) is 0 Å². The fourth-order valence-electron chi connectivity index (χ4n) is 2.39. The van der Waals surface area contributed by atoms with Gasteiger partial charge in [-0.1, -0.05) is 37.6 Å². The van der Waals surface area contributed by atoms with Crippen molar-refractivity contribution in [2.75, 3.05) is 6.54 Å². The number of pyridine rings is 1. The predicted octanol–water partition coefficient (Wildman–Crippen LogP) is 3.20. The molecule has 6 heteroatoms. The summed E-state index contributed by atoms with van der Waals surface area (Å²) in [5, 5.41) is 0.692. The third-order valence-corrected chi connectivity index (χ3v) is 3.91. The first kappa shape index (κ1) is 15.6. The number of aromatic nitrogens is 1. The average molecular weight is 328 g/mol. The molecule has 23 heavy (non-hydrogen) atoms. The summed E-state index contributed by atoms with van der Waals surface area (Å²) in [5.74, 6) is 7.08. The summed E-state index contributed by atoms with van der Waals surface area (Å²) in [7, 11) is 0. The van der Waals surface area contributed by atoms with Gasteiger partial charge in [0, 0.05) is 21.8 Å². The number of halogens is 1. The topological polar surface area (TPSA) is 75.7 Å². The first-order valence-electron chi connectivity index (χ1n) is 7.44. The van der Waals surface area contributed by atoms with Crippen LogP contribution in [0.3, 0.4) is 0 Å². The molecule has 0 bridgehead atoms. The van der Waals surface area contributed by atoms with Crippen LogP contribution in [-0.4, -0.2) is 23.1 Å². The van der Waals surface area contributed by atoms with Crippen molar-refractivity contribution >= 4 is 29.0 Å². The maximum absolute atomic E-state index is 5.98. The van der Waals surface area contributed by atoms with Crippen molar-refractivity contribution in [1.29, 1.82) is 0 Å². The van der Waals surface area contributed by atoms with Crippen LogP contribution in [0.5, 0.6) is 0 Å². The number of amidine groups is 1. The highest BCUT2D eigenvalue weighted by atomic mass is 35.5. The van der Waals surface area contributed by atoms with E-state index in [-0.39, 0.29) is 0 Å². The maximum Gasteiger partial charge on any atom is 0.163 e. The summed E-state index contributed by atoms with van der Waals surface area (Å²) < 4.78 is 0. The number of nitrogens with one attached hydrogen (secondary N) is 1. The van der Waals surface area contributed by atoms with Crippen LogP contribution in [0.2, 0.25) is 5.02 Å². The van der Waals surface area contributed by atoms with E-state index in [2.05, 4.69) is 34.2 Å². The molecule has 1 aliphatic rings. The second kappa shape index (κ2) is 6.48. The standard InChI is InChI=1S/C17H18ClN5/c1-10(2)14-8-7-13-16(11-3-5-12(18)6-4-11)20-9-15(23-19)22-17(13)21-14/h3-8,10H,9,19H2,1-2H3,(H,21,22,23). The molecule has 0 aliphatic carbocycles. The van der Waals surface area contributed by atoms with Gasteiger partial charge >= 0.3 is 0 Å². The molecule has 0 unspecified atom stereocenters. The van der Waals surface area contributed by atoms with Gasteiger partial charge in [0.15, 0.2) is 5.82 Å². The SMILES string of the molecule is CC(C)c1ccc2c(n1)N=C(NN)CN=C2c1ccc(Cl)cc1. The fraction of sp³-hybridized carbons (Fsp3) is 0.235. The Morgan fingerprint density at radius 3 is 2.52 bits per heavy atom. The third-order valence-electron chi connectivity index (χ3n) is 3.66. The van der Waals surface area contributed by atoms with Crippen molar-refractivity contribution in [3.63, 3.8) is 0 Å². The molecule has 118 valence electrons. The third kappa shape index (κ3) is 3.25. The molecular formula is C17H18ClN5. The van der Waals surface area contributed by atoms with Crippen molar-refractivity contribution < 1.29 is 0 Å². The second-order valence-corrected chi connectivity index (χ2v) is 6.07. The van der Waals surface area contributed by atoms with Gasteiger partial charge in [-0.2, -0.15) is 0 Å². The Labute approximate surface area is 140 Å². The van der Waals surface area contributed by atoms with E-state index in [1.165, 1.54) is 0 Å². The van der Waals surface area contributed by atoms with Crippen LogP contribution in [-0.2, 0) is 0 Å². The number of nitrogens with two attached hydrogens (primary N) is 1. The highest BCUT2D eigenvalue weighted by Gasteiger charge is 2.18. The Balaban J connectivity index is 2.14. The number of hydrogen-bond acceptors (Lipinski definition) is 5. The Kier molecular flexibility index (Phi) is 4.41. The van der Waals surface area contributed by atoms with Gasteiger partial charge in [0.1, 0.15) is 5.84 Å². The van der Waals surface area contributed by atoms with Crippen molar-refractivity contribution in [2.45, 2.75) is 19.8 Å². The van der Waals surface area contributed by atoms with E-state index in [9.17, 15) is 0 Å². The lowest BCUT2D eigenvalue weighted by Crippen LogP contribution is -2.32. The summed E-state index contributed by atoms with van der Waals surface area (Å²) >= 11 is 5.98. The van der Waals surface area contributed by atoms with Gasteiger partial charge in [0.25, 0.3) is 0 Å². The molecule has 1 aliphatic heterocycles. The monoisotopic (exact) mass is 327 g/mol. The second-order valence-electron chi connectivity index (χ2n) is 5.64. The lowest BCUT2D eigenvalue weighted by Gasteiger charge is -2.11. The van der Waals surface area contributed by atoms with Gasteiger partial charge in [-0.05, 0) is 30.2 Å². The first-order chi connectivity index (χ1) is 11.1. The molecule has 3 N–H and O–H groups in total. The summed E-state index contributed by atoms with van der Waals surface area (Å²) in [6.07, 6.45) is 0. The minimum Gasteiger partial charge on any atom is -0.310 e. The van der Waals surface area contributed by atoms with E-state index in [1.807, 2.05) is 36.4 Å². The normalized spacial score (nSPS) is 14.0. The maximum atomic E-state index is 5.98. The number of hydrogen-bond donors (Lipinski definition) is 2. The molecule has 1 aromatic carbocycles. The van der Waals surface area contributed by atoms with Crippen LogP contribution < -0.4 is 11.3 Å². The zero-order valence-corrected chi connectivity index (χ0v) is 13.8. The molecule has 0 saturated heterocycles. The molecule has 2 aromatic rings. The minimum absolute atomic E-state index is 0.323. The van der Waals surface area contributed by atoms with E-state index < -0.39 is 0 Å². The van der Waals surface area contributed by atoms with Gasteiger partial charge < -0.3 is 5.43 Å². The molecule has 0 fully saturated rings. The van der Waals surface area contributed by atoms with Crippen LogP contribution in [0.4, 0.5) is 5.82 Å². The van der Waals surface area contributed by atoms with E-state index in [1.54, 1.807) is 0 Å². The van der Waals surface area contributed by atoms with Crippen LogP contribution in [0.25, 0.3) is 0 Å². The van der Waals surface area contributed by atoms with E-state index >= 15 is 0 Å². The van der Waals surface area contributed by atoms with Crippen molar-refractivity contribution in [2.24, 2.45) is 15.8 Å². The number of aliphatic imine (C=N–C) groups is 2. The lowest BCUT2D eigenvalue weighted by molar-refractivity contribution is 0.822. The van der Waals surface area contributed by atoms with E-state index in [4.69, 9.17) is 17.4 Å². The Morgan fingerprint density at radius 2 is 1.87 bits per heavy atom. The van der Waals surface area contributed by atoms with Crippen LogP contribution in [0.1, 0.15) is 36.6 Å². The fourth-order valence-corrected chi connectivity index (χ4v) is 2.52. The molecule has 3 rings (SSSR count). The minimum atomic E-state index is 0.323. The summed E-state index contributed by atoms with van der Waals surface area (Å²) in [6, 6.07) is 11.6. The molecular weight excluding hydrogens is 310 g/mol. The quantitative estimate of drug-likeness (QED) is 0.657. The molecule has 0 radical (unpaired) electrons. The zero-order chi connectivity index (χ0) is 16.4. The Morgan fingerprint density at radius 1 is 1.13 bits per heavy atom. The summed E-state index contributed by atoms with van der Waals surface area (Å²) in [6.45, 7) is 4.58. The van der Waals surface area contributed by atoms with Crippen LogP contribution in [0, 0.1) is 0 Å². The molecule has 2 heterocycles. The van der Waals surface area contributed by atoms with Crippen molar-refractivity contribution in [3.05, 3.63) is 58.2 Å². The average Bonchev–Trinajstić information content (AvgIpc) is 2.74. The number of hydrazine groups is 1. The highest BCUT2D eigenvalue weighted by Crippen LogP contribution is 2.26. The Bertz CT molecular complexity index is 778. The highest BCUT2D eigenvalue weighted by molar-refractivity contribution is 6.30. The van der Waals surface area contributed by atoms with Crippen molar-refractivity contribution in [1.82, 2.24) is 10.4 Å². The molecule has 0 atom stereocenters. The van der Waals surface area contributed by atoms with Gasteiger partial charge in [-0.15, -0.1) is 0 Å². The number of rotatable bonds is 2. The molecule has 1 aromatic heterocycles. The van der Waals surface area contributed by atoms with Crippen LogP contribution >= 0.6 is 11.6 Å². The largest absolute Gasteiger partial charge is 0.310 e. The zero-order valence-electron chi connectivity index (χ0n) is 13.0. The lowest BCUT2D eigenvalue weighted by atomic mass is 10.0. The summed E-state index contributed by atoms with van der Waals surface area (Å²) in [5.41, 5.74) is 6.29. The molecule has 5 nitrogen and oxygen atoms in total. The smallest absolute Gasteiger partial charge is 0.163 e. The van der Waals surface area contributed by atoms with Crippen molar-refractivity contribution in [3.8, 4) is 0 Å². The summed E-state index contributed by atoms with van der Waals surface area (Å²) in [4.78, 5) is 13.8. The van der Waals surface area contributed by atoms with Crippen LogP contribution in [0.15, 0.2) is 46.4 Å². The molecule has 0 amide bonds. The van der Waals surface area contributed by atoms with E-state index in [0.717, 1.165) is 22.5 Å². The van der Waals surface area contributed by atoms with Gasteiger partial charge in [-0.25, -0.2) is 15.8 Å². The predicted molar refractivity (Wildman–Crippen MR) is 94.7 cm³/mol. The molecule has 0 spiro atoms.